The number of phenolic OH excluding ortho intramolecular Hbond substituents is 1. The molecule has 2 aliphatic rings. The standard InChI is InChI=1S/C18H20N2O.C12H17N.2ClH.V/c21-17-15(14-6-2-1-3-7-14)8-4-9-16(17)18-19-10-5-11-20(18)13-12-19;1-8(2)10-6-5-7-11(9(3)4)12(10)13;;;/h1-4,6-9,18,21H,5,10-13H2;5-9H,1-4H3;2*1H;/q;;;;+2/p-2. The van der Waals surface area contributed by atoms with Crippen LogP contribution >= 0.6 is 19.7 Å². The average Bonchev–Trinajstić information content (AvgIpc) is 3.11. The Morgan fingerprint density at radius 1 is 0.784 bits per heavy atom. The van der Waals surface area contributed by atoms with Crippen LogP contribution in [0.1, 0.15) is 68.8 Å². The summed E-state index contributed by atoms with van der Waals surface area (Å²) in [6.07, 6.45) is 1.48. The zero-order valence-corrected chi connectivity index (χ0v) is 25.0. The van der Waals surface area contributed by atoms with E-state index in [1.165, 1.54) is 17.5 Å². The van der Waals surface area contributed by atoms with E-state index in [0.717, 1.165) is 48.6 Å². The van der Waals surface area contributed by atoms with Crippen LogP contribution in [0.2, 0.25) is 0 Å². The molecule has 2 bridgehead atoms. The molecule has 0 aromatic heterocycles. The van der Waals surface area contributed by atoms with Gasteiger partial charge in [-0.1, -0.05) is 48.5 Å². The number of hydrogen-bond donors (Lipinski definition) is 1. The molecule has 0 spiro atoms. The molecule has 1 N–H and O–H groups in total. The van der Waals surface area contributed by atoms with Crippen molar-refractivity contribution in [3.63, 3.8) is 0 Å². The van der Waals surface area contributed by atoms with Gasteiger partial charge in [-0.05, 0) is 12.0 Å². The fourth-order valence-electron chi connectivity index (χ4n) is 5.39. The van der Waals surface area contributed by atoms with Gasteiger partial charge in [0, 0.05) is 37.3 Å². The molecule has 0 aliphatic carbocycles. The van der Waals surface area contributed by atoms with Crippen molar-refractivity contribution in [2.75, 3.05) is 26.2 Å². The minimum atomic E-state index is -2.03. The van der Waals surface area contributed by atoms with Gasteiger partial charge < -0.3 is 5.11 Å². The second-order valence-electron chi connectivity index (χ2n) is 10.3. The quantitative estimate of drug-likeness (QED) is 0.330. The maximum Gasteiger partial charge on any atom is 0.129 e. The number of rotatable bonds is 5. The Bertz CT molecular complexity index is 1190. The third-order valence-electron chi connectivity index (χ3n) is 7.21. The van der Waals surface area contributed by atoms with E-state index in [9.17, 15) is 5.11 Å². The van der Waals surface area contributed by atoms with Crippen LogP contribution in [-0.2, 0) is 13.1 Å². The number of para-hydroxylation sites is 1. The first-order chi connectivity index (χ1) is 17.8. The summed E-state index contributed by atoms with van der Waals surface area (Å²) in [6, 6.07) is 22.6. The molecule has 2 heterocycles. The van der Waals surface area contributed by atoms with Crippen molar-refractivity contribution < 1.29 is 18.2 Å². The third-order valence-corrected chi connectivity index (χ3v) is 8.38. The Morgan fingerprint density at radius 2 is 1.35 bits per heavy atom. The number of benzene rings is 3. The second kappa shape index (κ2) is 12.9. The van der Waals surface area contributed by atoms with Crippen molar-refractivity contribution in [3.05, 3.63) is 83.4 Å². The van der Waals surface area contributed by atoms with Gasteiger partial charge in [0.05, 0.1) is 6.17 Å². The summed E-state index contributed by atoms with van der Waals surface area (Å²) >= 11 is -2.03. The van der Waals surface area contributed by atoms with Gasteiger partial charge in [0.15, 0.2) is 0 Å². The Kier molecular flexibility index (Phi) is 9.91. The summed E-state index contributed by atoms with van der Waals surface area (Å²) in [6.45, 7) is 13.2. The van der Waals surface area contributed by atoms with Crippen LogP contribution in [0.15, 0.2) is 70.5 Å². The van der Waals surface area contributed by atoms with Gasteiger partial charge in [-0.25, -0.2) is 0 Å². The minimum Gasteiger partial charge on any atom is -0.507 e. The van der Waals surface area contributed by atoms with Crippen LogP contribution in [0.5, 0.6) is 5.75 Å². The van der Waals surface area contributed by atoms with Crippen LogP contribution < -0.4 is 0 Å². The van der Waals surface area contributed by atoms with Crippen molar-refractivity contribution in [3.8, 4) is 16.9 Å². The van der Waals surface area contributed by atoms with Crippen LogP contribution in [0.4, 0.5) is 5.69 Å². The maximum absolute atomic E-state index is 10.8. The number of fused-ring (bicyclic) bond motifs is 2. The van der Waals surface area contributed by atoms with Crippen LogP contribution in [0, 0.1) is 0 Å². The van der Waals surface area contributed by atoms with E-state index in [2.05, 4.69) is 83.8 Å². The fourth-order valence-corrected chi connectivity index (χ4v) is 6.61. The summed E-state index contributed by atoms with van der Waals surface area (Å²) in [5, 5.41) is 10.8. The van der Waals surface area contributed by atoms with Gasteiger partial charge in [-0.3, -0.25) is 9.80 Å². The van der Waals surface area contributed by atoms with Crippen molar-refractivity contribution in [2.24, 2.45) is 3.79 Å². The summed E-state index contributed by atoms with van der Waals surface area (Å²) in [5.41, 5.74) is 6.57. The molecule has 3 aromatic carbocycles. The van der Waals surface area contributed by atoms with Gasteiger partial charge in [-0.2, -0.15) is 0 Å². The molecule has 0 radical (unpaired) electrons. The number of halogens is 2. The molecule has 2 aliphatic heterocycles. The van der Waals surface area contributed by atoms with Crippen LogP contribution in [0.3, 0.4) is 0 Å². The maximum atomic E-state index is 10.8. The topological polar surface area (TPSA) is 39.1 Å². The van der Waals surface area contributed by atoms with E-state index in [1.54, 1.807) is 0 Å². The predicted octanol–water partition coefficient (Wildman–Crippen LogP) is 8.75. The molecule has 2 saturated heterocycles. The van der Waals surface area contributed by atoms with Gasteiger partial charge in [0.2, 0.25) is 0 Å². The van der Waals surface area contributed by atoms with E-state index >= 15 is 0 Å². The molecule has 2 atom stereocenters. The van der Waals surface area contributed by atoms with Crippen molar-refractivity contribution >= 4 is 25.4 Å². The van der Waals surface area contributed by atoms with E-state index in [1.807, 2.05) is 24.3 Å². The molecule has 5 rings (SSSR count). The van der Waals surface area contributed by atoms with Gasteiger partial charge in [0.1, 0.15) is 5.75 Å². The summed E-state index contributed by atoms with van der Waals surface area (Å²) in [5.74, 6) is 1.33. The minimum absolute atomic E-state index is 0.252. The molecule has 2 fully saturated rings. The molecule has 3 aromatic rings. The molecule has 0 amide bonds. The summed E-state index contributed by atoms with van der Waals surface area (Å²) in [4.78, 5) is 4.96. The van der Waals surface area contributed by atoms with Crippen LogP contribution in [-0.4, -0.2) is 41.1 Å². The van der Waals surface area contributed by atoms with Crippen LogP contribution in [0.25, 0.3) is 11.1 Å². The van der Waals surface area contributed by atoms with Gasteiger partial charge in [0.25, 0.3) is 0 Å². The van der Waals surface area contributed by atoms with E-state index in [0.29, 0.717) is 17.6 Å². The monoisotopic (exact) mass is 576 g/mol. The number of hydrogen-bond acceptors (Lipinski definition) is 4. The van der Waals surface area contributed by atoms with Crippen molar-refractivity contribution in [1.29, 1.82) is 0 Å². The smallest absolute Gasteiger partial charge is 0.129 e. The average molecular weight is 577 g/mol. The molecular weight excluding hydrogens is 540 g/mol. The van der Waals surface area contributed by atoms with E-state index < -0.39 is 13.1 Å². The number of nitrogens with zero attached hydrogens (tertiary/aromatic N) is 3. The Morgan fingerprint density at radius 3 is 1.89 bits per heavy atom. The molecular formula is C30H37Cl2N3OV. The largest absolute Gasteiger partial charge is 0.507 e. The second-order valence-corrected chi connectivity index (χ2v) is 14.7. The molecule has 7 heteroatoms. The van der Waals surface area contributed by atoms with Crippen molar-refractivity contribution in [1.82, 2.24) is 9.80 Å². The van der Waals surface area contributed by atoms with Gasteiger partial charge >= 0.3 is 111 Å². The fraction of sp³-hybridized carbons (Fsp3) is 0.400. The van der Waals surface area contributed by atoms with Crippen molar-refractivity contribution in [2.45, 2.75) is 52.1 Å². The van der Waals surface area contributed by atoms with E-state index in [4.69, 9.17) is 19.7 Å². The molecule has 37 heavy (non-hydrogen) atoms. The zero-order chi connectivity index (χ0) is 26.5. The Labute approximate surface area is 234 Å². The molecule has 4 nitrogen and oxygen atoms in total. The normalized spacial score (nSPS) is 20.5. The summed E-state index contributed by atoms with van der Waals surface area (Å²) in [7, 11) is 11.8. The number of phenols is 1. The first kappa shape index (κ1) is 28.4. The zero-order valence-electron chi connectivity index (χ0n) is 22.1. The molecule has 197 valence electrons. The molecule has 2 unspecified atom stereocenters. The Balaban J connectivity index is 0.000000181. The summed E-state index contributed by atoms with van der Waals surface area (Å²) < 4.78 is 4.48. The SMILES string of the molecule is CC(C)c1cccc(C(C)C)c1[N]=[V]([Cl])[Cl].Oc1c(-c2ccccc2)cccc1C1N2CCCN1CC2. The predicted molar refractivity (Wildman–Crippen MR) is 152 cm³/mol. The van der Waals surface area contributed by atoms with E-state index in [-0.39, 0.29) is 6.17 Å². The molecule has 0 saturated carbocycles. The number of aromatic hydroxyl groups is 1. The van der Waals surface area contributed by atoms with Gasteiger partial charge in [-0.15, -0.1) is 0 Å². The first-order valence-corrected chi connectivity index (χ1v) is 17.6. The Hall–Kier alpha value is -1.66. The third kappa shape index (κ3) is 6.68. The first-order valence-electron chi connectivity index (χ1n) is 13.1.